The normalized spacial score (nSPS) is 11.8. The molecule has 0 aliphatic carbocycles. The molecule has 0 amide bonds. The van der Waals surface area contributed by atoms with Crippen LogP contribution in [-0.2, 0) is 21.0 Å². The molecule has 0 fully saturated rings. The number of nitrogens with one attached hydrogen (secondary N) is 1. The minimum absolute atomic E-state index is 0.0675. The minimum atomic E-state index is -3.23. The molecule has 9 heteroatoms. The quantitative estimate of drug-likeness (QED) is 0.277. The van der Waals surface area contributed by atoms with Crippen molar-refractivity contribution >= 4 is 44.1 Å². The Balaban J connectivity index is 1.67. The van der Waals surface area contributed by atoms with Crippen molar-refractivity contribution < 1.29 is 17.9 Å². The third kappa shape index (κ3) is 5.08. The maximum Gasteiger partial charge on any atom is 0.178 e. The smallest absolute Gasteiger partial charge is 0.178 e. The molecule has 3 aromatic carbocycles. The maximum absolute atomic E-state index is 12.0. The van der Waals surface area contributed by atoms with E-state index in [1.54, 1.807) is 44.4 Å². The predicted molar refractivity (Wildman–Crippen MR) is 136 cm³/mol. The second-order valence-electron chi connectivity index (χ2n) is 7.69. The van der Waals surface area contributed by atoms with Gasteiger partial charge < -0.3 is 14.5 Å². The molecular formula is C25H24Cl2N2O4S. The third-order valence-electron chi connectivity index (χ3n) is 5.45. The Morgan fingerprint density at radius 1 is 1.03 bits per heavy atom. The van der Waals surface area contributed by atoms with Gasteiger partial charge in [-0.05, 0) is 29.8 Å². The zero-order valence-corrected chi connectivity index (χ0v) is 21.1. The molecule has 1 aromatic heterocycles. The molecule has 178 valence electrons. The van der Waals surface area contributed by atoms with Crippen LogP contribution in [0.25, 0.3) is 22.2 Å². The fourth-order valence-corrected chi connectivity index (χ4v) is 5.26. The average Bonchev–Trinajstić information content (AvgIpc) is 3.23. The molecule has 4 aromatic rings. The summed E-state index contributed by atoms with van der Waals surface area (Å²) in [6.45, 7) is 2.49. The van der Waals surface area contributed by atoms with Crippen LogP contribution in [0.5, 0.6) is 5.75 Å². The summed E-state index contributed by atoms with van der Waals surface area (Å²) in [5.41, 5.74) is 3.67. The molecule has 0 unspecified atom stereocenters. The summed E-state index contributed by atoms with van der Waals surface area (Å²) < 4.78 is 35.0. The zero-order chi connectivity index (χ0) is 24.3. The highest BCUT2D eigenvalue weighted by Gasteiger charge is 2.19. The minimum Gasteiger partial charge on any atom is -0.491 e. The van der Waals surface area contributed by atoms with E-state index in [1.807, 2.05) is 24.3 Å². The predicted octanol–water partition coefficient (Wildman–Crippen LogP) is 5.95. The van der Waals surface area contributed by atoms with E-state index in [2.05, 4.69) is 4.98 Å². The van der Waals surface area contributed by atoms with Gasteiger partial charge >= 0.3 is 0 Å². The molecule has 1 N–H and O–H groups in total. The van der Waals surface area contributed by atoms with Crippen LogP contribution >= 0.6 is 23.2 Å². The summed E-state index contributed by atoms with van der Waals surface area (Å²) in [6.07, 6.45) is 0.487. The first-order chi connectivity index (χ1) is 16.3. The second kappa shape index (κ2) is 10.4. The van der Waals surface area contributed by atoms with Gasteiger partial charge in [0.05, 0.1) is 32.8 Å². The molecular weight excluding hydrogens is 495 g/mol. The average molecular weight is 519 g/mol. The number of aromatic amines is 1. The summed E-state index contributed by atoms with van der Waals surface area (Å²) >= 11 is 13.5. The van der Waals surface area contributed by atoms with Crippen LogP contribution < -0.4 is 4.74 Å². The number of rotatable bonds is 9. The number of para-hydroxylation sites is 1. The van der Waals surface area contributed by atoms with Crippen molar-refractivity contribution in [3.63, 3.8) is 0 Å². The first kappa shape index (κ1) is 24.5. The molecule has 4 rings (SSSR count). The van der Waals surface area contributed by atoms with Crippen LogP contribution in [0, 0.1) is 0 Å². The monoisotopic (exact) mass is 518 g/mol. The molecule has 34 heavy (non-hydrogen) atoms. The number of benzene rings is 3. The van der Waals surface area contributed by atoms with Gasteiger partial charge in [0.25, 0.3) is 0 Å². The number of hydrogen-bond acceptors (Lipinski definition) is 5. The number of H-pyrrole nitrogens is 1. The highest BCUT2D eigenvalue weighted by molar-refractivity contribution is 7.91. The standard InChI is InChI=1S/C25H24Cl2N2O4S/c1-3-34(30,31)17-10-8-16(9-11-17)14-22-28-20-15-19(26)23(24(27)25(20)29-22)18-6-4-5-7-21(18)33-13-12-32-2/h4-11,15H,3,12-14H2,1-2H3,(H,28,29). The van der Waals surface area contributed by atoms with E-state index in [-0.39, 0.29) is 5.75 Å². The van der Waals surface area contributed by atoms with Gasteiger partial charge in [-0.25, -0.2) is 13.4 Å². The topological polar surface area (TPSA) is 81.3 Å². The first-order valence-corrected chi connectivity index (χ1v) is 13.1. The highest BCUT2D eigenvalue weighted by Crippen LogP contribution is 2.43. The van der Waals surface area contributed by atoms with Crippen LogP contribution in [0.15, 0.2) is 59.5 Å². The van der Waals surface area contributed by atoms with Crippen molar-refractivity contribution in [1.29, 1.82) is 0 Å². The van der Waals surface area contributed by atoms with Gasteiger partial charge in [0, 0.05) is 24.7 Å². The summed E-state index contributed by atoms with van der Waals surface area (Å²) in [4.78, 5) is 8.29. The van der Waals surface area contributed by atoms with Gasteiger partial charge in [-0.1, -0.05) is 60.5 Å². The van der Waals surface area contributed by atoms with Crippen molar-refractivity contribution in [1.82, 2.24) is 9.97 Å². The van der Waals surface area contributed by atoms with Gasteiger partial charge in [0.1, 0.15) is 23.7 Å². The summed E-state index contributed by atoms with van der Waals surface area (Å²) in [6, 6.07) is 16.2. The largest absolute Gasteiger partial charge is 0.491 e. The van der Waals surface area contributed by atoms with Crippen LogP contribution in [0.1, 0.15) is 18.3 Å². The number of halogens is 2. The molecule has 0 atom stereocenters. The van der Waals surface area contributed by atoms with Crippen molar-refractivity contribution in [2.24, 2.45) is 0 Å². The van der Waals surface area contributed by atoms with E-state index in [4.69, 9.17) is 37.7 Å². The first-order valence-electron chi connectivity index (χ1n) is 10.7. The number of sulfone groups is 1. The Hall–Kier alpha value is -2.58. The molecule has 6 nitrogen and oxygen atoms in total. The Morgan fingerprint density at radius 3 is 2.47 bits per heavy atom. The number of ether oxygens (including phenoxy) is 2. The van der Waals surface area contributed by atoms with E-state index in [0.717, 1.165) is 16.6 Å². The van der Waals surface area contributed by atoms with Gasteiger partial charge in [-0.2, -0.15) is 0 Å². The summed E-state index contributed by atoms with van der Waals surface area (Å²) in [5.74, 6) is 1.42. The SMILES string of the molecule is CCS(=O)(=O)c1ccc(Cc2nc3c(Cl)c(-c4ccccc4OCCOC)c(Cl)cc3[nH]2)cc1. The van der Waals surface area contributed by atoms with Crippen LogP contribution in [0.4, 0.5) is 0 Å². The maximum atomic E-state index is 12.0. The lowest BCUT2D eigenvalue weighted by Gasteiger charge is -2.14. The molecule has 0 saturated heterocycles. The lowest BCUT2D eigenvalue weighted by atomic mass is 10.0. The van der Waals surface area contributed by atoms with Crippen LogP contribution in [0.3, 0.4) is 0 Å². The lowest BCUT2D eigenvalue weighted by Crippen LogP contribution is -2.05. The van der Waals surface area contributed by atoms with E-state index in [9.17, 15) is 8.42 Å². The van der Waals surface area contributed by atoms with Crippen molar-refractivity contribution in [3.05, 3.63) is 76.0 Å². The van der Waals surface area contributed by atoms with Crippen molar-refractivity contribution in [2.75, 3.05) is 26.1 Å². The number of nitrogens with zero attached hydrogens (tertiary/aromatic N) is 1. The van der Waals surface area contributed by atoms with Gasteiger partial charge in [-0.15, -0.1) is 0 Å². The fraction of sp³-hybridized carbons (Fsp3) is 0.240. The molecule has 0 bridgehead atoms. The van der Waals surface area contributed by atoms with E-state index >= 15 is 0 Å². The van der Waals surface area contributed by atoms with Crippen LogP contribution in [-0.4, -0.2) is 44.5 Å². The molecule has 1 heterocycles. The molecule has 0 spiro atoms. The van der Waals surface area contributed by atoms with Crippen LogP contribution in [0.2, 0.25) is 10.0 Å². The number of methoxy groups -OCH3 is 1. The number of fused-ring (bicyclic) bond motifs is 1. The molecule has 0 aliphatic rings. The summed E-state index contributed by atoms with van der Waals surface area (Å²) in [7, 11) is -1.62. The summed E-state index contributed by atoms with van der Waals surface area (Å²) in [5, 5.41) is 0.904. The van der Waals surface area contributed by atoms with Crippen molar-refractivity contribution in [2.45, 2.75) is 18.2 Å². The van der Waals surface area contributed by atoms with Gasteiger partial charge in [0.15, 0.2) is 9.84 Å². The van der Waals surface area contributed by atoms with Gasteiger partial charge in [-0.3, -0.25) is 0 Å². The Morgan fingerprint density at radius 2 is 1.76 bits per heavy atom. The number of aromatic nitrogens is 2. The number of hydrogen-bond donors (Lipinski definition) is 1. The van der Waals surface area contributed by atoms with E-state index < -0.39 is 9.84 Å². The highest BCUT2D eigenvalue weighted by atomic mass is 35.5. The lowest BCUT2D eigenvalue weighted by molar-refractivity contribution is 0.146. The van der Waals surface area contributed by atoms with Gasteiger partial charge in [0.2, 0.25) is 0 Å². The molecule has 0 saturated carbocycles. The Labute approximate surface area is 208 Å². The van der Waals surface area contributed by atoms with Crippen molar-refractivity contribution in [3.8, 4) is 16.9 Å². The Bertz CT molecular complexity index is 1420. The second-order valence-corrected chi connectivity index (χ2v) is 10.8. The molecule has 0 aliphatic heterocycles. The number of imidazole rings is 1. The fourth-order valence-electron chi connectivity index (χ4n) is 3.67. The Kier molecular flexibility index (Phi) is 7.48. The zero-order valence-electron chi connectivity index (χ0n) is 18.8. The molecule has 0 radical (unpaired) electrons. The third-order valence-corrected chi connectivity index (χ3v) is 7.87. The van der Waals surface area contributed by atoms with E-state index in [1.165, 1.54) is 0 Å². The van der Waals surface area contributed by atoms with E-state index in [0.29, 0.717) is 57.2 Å².